The van der Waals surface area contributed by atoms with Crippen LogP contribution in [0.1, 0.15) is 46.5 Å². The summed E-state index contributed by atoms with van der Waals surface area (Å²) in [5, 5.41) is 0. The van der Waals surface area contributed by atoms with E-state index in [2.05, 4.69) is 13.8 Å². The lowest BCUT2D eigenvalue weighted by molar-refractivity contribution is -0.111. The minimum atomic E-state index is 0.232. The van der Waals surface area contributed by atoms with Gasteiger partial charge in [-0.05, 0) is 50.2 Å². The van der Waals surface area contributed by atoms with Crippen molar-refractivity contribution in [2.24, 2.45) is 5.92 Å². The molecule has 1 aliphatic carbocycles. The van der Waals surface area contributed by atoms with Crippen molar-refractivity contribution in [1.29, 1.82) is 0 Å². The highest BCUT2D eigenvalue weighted by Gasteiger charge is 2.20. The zero-order valence-electron chi connectivity index (χ0n) is 9.47. The van der Waals surface area contributed by atoms with Gasteiger partial charge in [0.1, 0.15) is 0 Å². The third kappa shape index (κ3) is 2.57. The van der Waals surface area contributed by atoms with E-state index in [1.807, 2.05) is 13.0 Å². The highest BCUT2D eigenvalue weighted by molar-refractivity contribution is 6.04. The Morgan fingerprint density at radius 3 is 2.86 bits per heavy atom. The first-order valence-corrected chi connectivity index (χ1v) is 5.57. The van der Waals surface area contributed by atoms with E-state index in [9.17, 15) is 4.79 Å². The lowest BCUT2D eigenvalue weighted by Crippen LogP contribution is -2.13. The second-order valence-electron chi connectivity index (χ2n) is 4.15. The van der Waals surface area contributed by atoms with Crippen molar-refractivity contribution < 1.29 is 4.79 Å². The van der Waals surface area contributed by atoms with Gasteiger partial charge in [0.2, 0.25) is 0 Å². The van der Waals surface area contributed by atoms with E-state index in [0.717, 1.165) is 24.8 Å². The predicted molar refractivity (Wildman–Crippen MR) is 60.2 cm³/mol. The van der Waals surface area contributed by atoms with Crippen molar-refractivity contribution in [2.45, 2.75) is 46.5 Å². The normalized spacial score (nSPS) is 23.2. The van der Waals surface area contributed by atoms with Crippen LogP contribution in [-0.4, -0.2) is 5.78 Å². The van der Waals surface area contributed by atoms with Crippen LogP contribution in [0, 0.1) is 5.92 Å². The Hall–Kier alpha value is -0.850. The van der Waals surface area contributed by atoms with Crippen molar-refractivity contribution in [1.82, 2.24) is 0 Å². The molecule has 0 fully saturated rings. The van der Waals surface area contributed by atoms with Gasteiger partial charge in [-0.3, -0.25) is 4.79 Å². The van der Waals surface area contributed by atoms with E-state index >= 15 is 0 Å². The van der Waals surface area contributed by atoms with Crippen molar-refractivity contribution in [3.63, 3.8) is 0 Å². The number of hydrogen-bond donors (Lipinski definition) is 0. The van der Waals surface area contributed by atoms with Gasteiger partial charge < -0.3 is 0 Å². The molecule has 0 N–H and O–H groups in total. The molecule has 14 heavy (non-hydrogen) atoms. The first-order chi connectivity index (χ1) is 6.69. The number of hydrogen-bond acceptors (Lipinski definition) is 1. The Kier molecular flexibility index (Phi) is 4.12. The smallest absolute Gasteiger partial charge is 0.181 e. The molecular formula is C13H20O. The average Bonchev–Trinajstić information content (AvgIpc) is 2.18. The van der Waals surface area contributed by atoms with Crippen LogP contribution in [0.15, 0.2) is 23.3 Å². The molecular weight excluding hydrogens is 172 g/mol. The Morgan fingerprint density at radius 2 is 2.29 bits per heavy atom. The fourth-order valence-corrected chi connectivity index (χ4v) is 2.08. The highest BCUT2D eigenvalue weighted by atomic mass is 16.1. The van der Waals surface area contributed by atoms with Gasteiger partial charge in [0, 0.05) is 0 Å². The van der Waals surface area contributed by atoms with Crippen LogP contribution in [0.3, 0.4) is 0 Å². The molecule has 1 aliphatic rings. The molecule has 0 heterocycles. The molecule has 0 saturated carbocycles. The number of ketones is 1. The van der Waals surface area contributed by atoms with E-state index < -0.39 is 0 Å². The molecule has 1 nitrogen and oxygen atoms in total. The average molecular weight is 192 g/mol. The van der Waals surface area contributed by atoms with Crippen LogP contribution in [0.4, 0.5) is 0 Å². The summed E-state index contributed by atoms with van der Waals surface area (Å²) in [6.07, 6.45) is 7.91. The van der Waals surface area contributed by atoms with Gasteiger partial charge in [0.25, 0.3) is 0 Å². The van der Waals surface area contributed by atoms with Crippen LogP contribution < -0.4 is 0 Å². The van der Waals surface area contributed by atoms with Crippen LogP contribution in [-0.2, 0) is 4.79 Å². The molecule has 0 radical (unpaired) electrons. The third-order valence-electron chi connectivity index (χ3n) is 2.96. The molecule has 0 saturated heterocycles. The molecule has 1 unspecified atom stereocenters. The fourth-order valence-electron chi connectivity index (χ4n) is 2.08. The topological polar surface area (TPSA) is 17.1 Å². The molecule has 0 aliphatic heterocycles. The first-order valence-electron chi connectivity index (χ1n) is 5.57. The zero-order chi connectivity index (χ0) is 10.6. The minimum Gasteiger partial charge on any atom is -0.290 e. The van der Waals surface area contributed by atoms with Gasteiger partial charge in [0.05, 0.1) is 0 Å². The third-order valence-corrected chi connectivity index (χ3v) is 2.96. The predicted octanol–water partition coefficient (Wildman–Crippen LogP) is 3.66. The van der Waals surface area contributed by atoms with Gasteiger partial charge in [-0.15, -0.1) is 0 Å². The zero-order valence-corrected chi connectivity index (χ0v) is 9.47. The van der Waals surface area contributed by atoms with Crippen LogP contribution in [0.25, 0.3) is 0 Å². The molecule has 0 aromatic heterocycles. The van der Waals surface area contributed by atoms with Crippen molar-refractivity contribution >= 4 is 5.78 Å². The van der Waals surface area contributed by atoms with Crippen molar-refractivity contribution in [2.75, 3.05) is 0 Å². The quantitative estimate of drug-likeness (QED) is 0.624. The Labute approximate surface area is 86.9 Å². The molecule has 1 rings (SSSR count). The fraction of sp³-hybridized carbons (Fsp3) is 0.615. The molecule has 0 aromatic carbocycles. The summed E-state index contributed by atoms with van der Waals surface area (Å²) in [7, 11) is 0. The first kappa shape index (κ1) is 11.2. The highest BCUT2D eigenvalue weighted by Crippen LogP contribution is 2.31. The molecule has 0 amide bonds. The molecule has 0 aromatic rings. The largest absolute Gasteiger partial charge is 0.290 e. The molecule has 1 atom stereocenters. The lowest BCUT2D eigenvalue weighted by Gasteiger charge is -2.22. The second-order valence-corrected chi connectivity index (χ2v) is 4.15. The van der Waals surface area contributed by atoms with Crippen LogP contribution >= 0.6 is 0 Å². The summed E-state index contributed by atoms with van der Waals surface area (Å²) in [5.74, 6) is 0.908. The van der Waals surface area contributed by atoms with E-state index in [4.69, 9.17) is 0 Å². The minimum absolute atomic E-state index is 0.232. The van der Waals surface area contributed by atoms with Gasteiger partial charge in [-0.1, -0.05) is 25.5 Å². The van der Waals surface area contributed by atoms with E-state index in [0.29, 0.717) is 5.92 Å². The molecule has 0 spiro atoms. The summed E-state index contributed by atoms with van der Waals surface area (Å²) >= 11 is 0. The van der Waals surface area contributed by atoms with Gasteiger partial charge in [-0.25, -0.2) is 0 Å². The van der Waals surface area contributed by atoms with Gasteiger partial charge in [0.15, 0.2) is 5.78 Å². The number of allylic oxidation sites excluding steroid dienone is 4. The Morgan fingerprint density at radius 1 is 1.57 bits per heavy atom. The summed E-state index contributed by atoms with van der Waals surface area (Å²) < 4.78 is 0. The number of carbonyl (C=O) groups excluding carboxylic acids is 1. The molecule has 1 heteroatoms. The second kappa shape index (κ2) is 5.14. The van der Waals surface area contributed by atoms with Crippen LogP contribution in [0.2, 0.25) is 0 Å². The van der Waals surface area contributed by atoms with E-state index in [-0.39, 0.29) is 5.78 Å². The summed E-state index contributed by atoms with van der Waals surface area (Å²) in [5.41, 5.74) is 2.47. The number of rotatable bonds is 3. The summed E-state index contributed by atoms with van der Waals surface area (Å²) in [6.45, 7) is 6.28. The van der Waals surface area contributed by atoms with Crippen LogP contribution in [0.5, 0.6) is 0 Å². The van der Waals surface area contributed by atoms with Gasteiger partial charge >= 0.3 is 0 Å². The molecule has 0 bridgehead atoms. The lowest BCUT2D eigenvalue weighted by atomic mass is 9.82. The standard InChI is InChI=1S/C13H20O/c1-4-6-13(14)12-9-10(3)7-8-11(12)5-2/h4,6,10H,5,7-9H2,1-3H3/b6-4+. The monoisotopic (exact) mass is 192 g/mol. The number of carbonyl (C=O) groups is 1. The van der Waals surface area contributed by atoms with Gasteiger partial charge in [-0.2, -0.15) is 0 Å². The molecule has 78 valence electrons. The summed E-state index contributed by atoms with van der Waals surface area (Å²) in [6, 6.07) is 0. The maximum atomic E-state index is 11.8. The van der Waals surface area contributed by atoms with Crippen molar-refractivity contribution in [3.05, 3.63) is 23.3 Å². The SMILES string of the molecule is C/C=C/C(=O)C1=C(CC)CCC(C)C1. The maximum absolute atomic E-state index is 11.8. The van der Waals surface area contributed by atoms with Crippen molar-refractivity contribution in [3.8, 4) is 0 Å². The maximum Gasteiger partial charge on any atom is 0.181 e. The van der Waals surface area contributed by atoms with E-state index in [1.165, 1.54) is 12.0 Å². The Bertz CT molecular complexity index is 271. The van der Waals surface area contributed by atoms with E-state index in [1.54, 1.807) is 6.08 Å². The Balaban J connectivity index is 2.88. The summed E-state index contributed by atoms with van der Waals surface area (Å²) in [4.78, 5) is 11.8.